The first-order valence-corrected chi connectivity index (χ1v) is 8.48. The van der Waals surface area contributed by atoms with Crippen molar-refractivity contribution in [3.63, 3.8) is 0 Å². The van der Waals surface area contributed by atoms with Crippen LogP contribution in [0.1, 0.15) is 24.0 Å². The average molecular weight is 440 g/mol. The molecule has 0 saturated carbocycles. The van der Waals surface area contributed by atoms with E-state index in [9.17, 15) is 39.9 Å². The summed E-state index contributed by atoms with van der Waals surface area (Å²) in [5, 5.41) is 0. The largest absolute Gasteiger partial charge is 0.419 e. The number of ether oxygens (including phenoxy) is 2. The minimum absolute atomic E-state index is 0.0210. The SMILES string of the molecule is O=C(Oc1c(F)c(F)c(F)c(F)c1F)C1(c2ccc(C(F)(F)F)cc2)CCOCC1. The molecule has 2 aromatic rings. The van der Waals surface area contributed by atoms with Crippen molar-refractivity contribution in [3.05, 3.63) is 64.5 Å². The summed E-state index contributed by atoms with van der Waals surface area (Å²) in [6.07, 6.45) is -4.93. The van der Waals surface area contributed by atoms with Crippen LogP contribution in [0.4, 0.5) is 35.1 Å². The van der Waals surface area contributed by atoms with Gasteiger partial charge in [-0.15, -0.1) is 0 Å². The summed E-state index contributed by atoms with van der Waals surface area (Å²) in [5.41, 5.74) is -2.68. The zero-order valence-electron chi connectivity index (χ0n) is 14.9. The Morgan fingerprint density at radius 1 is 0.833 bits per heavy atom. The molecule has 0 atom stereocenters. The van der Waals surface area contributed by atoms with Gasteiger partial charge >= 0.3 is 12.1 Å². The molecule has 0 aromatic heterocycles. The quantitative estimate of drug-likeness (QED) is 0.220. The summed E-state index contributed by atoms with van der Waals surface area (Å²) in [6.45, 7) is -0.0968. The number of esters is 1. The first-order valence-electron chi connectivity index (χ1n) is 8.48. The number of hydrogen-bond acceptors (Lipinski definition) is 3. The van der Waals surface area contributed by atoms with Crippen LogP contribution in [0.3, 0.4) is 0 Å². The van der Waals surface area contributed by atoms with Crippen molar-refractivity contribution in [2.24, 2.45) is 0 Å². The fraction of sp³-hybridized carbons (Fsp3) is 0.316. The van der Waals surface area contributed by atoms with E-state index in [0.29, 0.717) is 12.1 Å². The molecule has 1 saturated heterocycles. The van der Waals surface area contributed by atoms with Crippen LogP contribution in [0, 0.1) is 29.1 Å². The maximum atomic E-state index is 13.9. The average Bonchev–Trinajstić information content (AvgIpc) is 2.73. The highest BCUT2D eigenvalue weighted by Gasteiger charge is 2.45. The van der Waals surface area contributed by atoms with Gasteiger partial charge in [-0.1, -0.05) is 12.1 Å². The summed E-state index contributed by atoms with van der Waals surface area (Å²) < 4.78 is 116. The molecule has 3 rings (SSSR count). The van der Waals surface area contributed by atoms with Gasteiger partial charge < -0.3 is 9.47 Å². The molecule has 1 fully saturated rings. The molecule has 0 bridgehead atoms. The first kappa shape index (κ1) is 22.0. The molecule has 0 radical (unpaired) electrons. The van der Waals surface area contributed by atoms with E-state index in [4.69, 9.17) is 4.74 Å². The number of carbonyl (C=O) groups excluding carboxylic acids is 1. The Bertz CT molecular complexity index is 934. The molecule has 1 heterocycles. The van der Waals surface area contributed by atoms with Gasteiger partial charge in [0.1, 0.15) is 0 Å². The highest BCUT2D eigenvalue weighted by atomic mass is 19.4. The Balaban J connectivity index is 2.02. The van der Waals surface area contributed by atoms with Gasteiger partial charge in [-0.3, -0.25) is 4.79 Å². The second-order valence-corrected chi connectivity index (χ2v) is 6.56. The fourth-order valence-corrected chi connectivity index (χ4v) is 3.17. The minimum atomic E-state index is -4.64. The predicted octanol–water partition coefficient (Wildman–Crippen LogP) is 5.05. The molecular weight excluding hydrogens is 428 g/mol. The number of rotatable bonds is 3. The standard InChI is InChI=1S/C19H12F8O3/c20-11-12(21)14(23)16(15(24)13(11)22)30-17(28)18(5-7-29-8-6-18)9-1-3-10(4-2-9)19(25,26)27/h1-4H,5-8H2. The molecule has 0 N–H and O–H groups in total. The van der Waals surface area contributed by atoms with E-state index >= 15 is 0 Å². The zero-order chi connectivity index (χ0) is 22.3. The van der Waals surface area contributed by atoms with Crippen molar-refractivity contribution < 1.29 is 49.4 Å². The van der Waals surface area contributed by atoms with Gasteiger partial charge in [0, 0.05) is 13.2 Å². The van der Waals surface area contributed by atoms with E-state index in [1.54, 1.807) is 0 Å². The second-order valence-electron chi connectivity index (χ2n) is 6.56. The Morgan fingerprint density at radius 2 is 1.30 bits per heavy atom. The Hall–Kier alpha value is -2.69. The Labute approximate surface area is 164 Å². The van der Waals surface area contributed by atoms with Crippen molar-refractivity contribution in [3.8, 4) is 5.75 Å². The summed E-state index contributed by atoms with van der Waals surface area (Å²) in [7, 11) is 0. The van der Waals surface area contributed by atoms with E-state index in [1.165, 1.54) is 0 Å². The van der Waals surface area contributed by atoms with Gasteiger partial charge in [0.25, 0.3) is 0 Å². The molecule has 0 unspecified atom stereocenters. The molecular formula is C19H12F8O3. The lowest BCUT2D eigenvalue weighted by Gasteiger charge is -2.35. The van der Waals surface area contributed by atoms with Crippen LogP contribution in [0.2, 0.25) is 0 Å². The minimum Gasteiger partial charge on any atom is -0.419 e. The molecule has 1 aliphatic rings. The van der Waals surface area contributed by atoms with E-state index in [-0.39, 0.29) is 31.6 Å². The van der Waals surface area contributed by atoms with Crippen LogP contribution >= 0.6 is 0 Å². The van der Waals surface area contributed by atoms with Crippen molar-refractivity contribution >= 4 is 5.97 Å². The molecule has 1 aliphatic heterocycles. The van der Waals surface area contributed by atoms with Gasteiger partial charge in [0.15, 0.2) is 0 Å². The predicted molar refractivity (Wildman–Crippen MR) is 85.0 cm³/mol. The van der Waals surface area contributed by atoms with E-state index in [2.05, 4.69) is 4.74 Å². The maximum Gasteiger partial charge on any atom is 0.416 e. The fourth-order valence-electron chi connectivity index (χ4n) is 3.17. The molecule has 2 aromatic carbocycles. The smallest absolute Gasteiger partial charge is 0.416 e. The van der Waals surface area contributed by atoms with Crippen LogP contribution in [0.25, 0.3) is 0 Å². The van der Waals surface area contributed by atoms with Crippen molar-refractivity contribution in [1.82, 2.24) is 0 Å². The van der Waals surface area contributed by atoms with E-state index < -0.39 is 58.0 Å². The third-order valence-electron chi connectivity index (χ3n) is 4.87. The normalized spacial score (nSPS) is 16.4. The van der Waals surface area contributed by atoms with Crippen LogP contribution in [-0.2, 0) is 21.1 Å². The van der Waals surface area contributed by atoms with Gasteiger partial charge in [0.05, 0.1) is 11.0 Å². The molecule has 0 spiro atoms. The first-order chi connectivity index (χ1) is 14.0. The molecule has 3 nitrogen and oxygen atoms in total. The highest BCUT2D eigenvalue weighted by molar-refractivity contribution is 5.85. The molecule has 0 amide bonds. The van der Waals surface area contributed by atoms with Gasteiger partial charge in [0.2, 0.25) is 34.8 Å². The van der Waals surface area contributed by atoms with Gasteiger partial charge in [-0.25, -0.2) is 13.2 Å². The Morgan fingerprint density at radius 3 is 1.77 bits per heavy atom. The lowest BCUT2D eigenvalue weighted by molar-refractivity contribution is -0.145. The number of alkyl halides is 3. The van der Waals surface area contributed by atoms with Crippen LogP contribution in [0.15, 0.2) is 24.3 Å². The molecule has 162 valence electrons. The Kier molecular flexibility index (Phi) is 5.76. The lowest BCUT2D eigenvalue weighted by atomic mass is 9.74. The summed E-state index contributed by atoms with van der Waals surface area (Å²) in [5.74, 6) is -14.9. The molecule has 11 heteroatoms. The van der Waals surface area contributed by atoms with Gasteiger partial charge in [-0.2, -0.15) is 22.0 Å². The number of benzene rings is 2. The lowest BCUT2D eigenvalue weighted by Crippen LogP contribution is -2.44. The van der Waals surface area contributed by atoms with Crippen molar-refractivity contribution in [2.45, 2.75) is 24.4 Å². The van der Waals surface area contributed by atoms with Crippen LogP contribution in [-0.4, -0.2) is 19.2 Å². The van der Waals surface area contributed by atoms with Crippen LogP contribution < -0.4 is 4.74 Å². The highest BCUT2D eigenvalue weighted by Crippen LogP contribution is 2.39. The zero-order valence-corrected chi connectivity index (χ0v) is 14.9. The van der Waals surface area contributed by atoms with Crippen molar-refractivity contribution in [1.29, 1.82) is 0 Å². The third-order valence-corrected chi connectivity index (χ3v) is 4.87. The van der Waals surface area contributed by atoms with E-state index in [1.807, 2.05) is 0 Å². The van der Waals surface area contributed by atoms with Crippen molar-refractivity contribution in [2.75, 3.05) is 13.2 Å². The topological polar surface area (TPSA) is 35.5 Å². The number of hydrogen-bond donors (Lipinski definition) is 0. The second kappa shape index (κ2) is 7.86. The number of halogens is 8. The van der Waals surface area contributed by atoms with Gasteiger partial charge in [-0.05, 0) is 30.5 Å². The maximum absolute atomic E-state index is 13.9. The molecule has 0 aliphatic carbocycles. The summed E-state index contributed by atoms with van der Waals surface area (Å²) in [6, 6.07) is 3.40. The van der Waals surface area contributed by atoms with E-state index in [0.717, 1.165) is 12.1 Å². The third kappa shape index (κ3) is 3.73. The summed E-state index contributed by atoms with van der Waals surface area (Å²) >= 11 is 0. The van der Waals surface area contributed by atoms with Crippen LogP contribution in [0.5, 0.6) is 5.75 Å². The monoisotopic (exact) mass is 440 g/mol. The summed E-state index contributed by atoms with van der Waals surface area (Å²) in [4.78, 5) is 12.8. The molecule has 30 heavy (non-hydrogen) atoms. The number of carbonyl (C=O) groups is 1.